The van der Waals surface area contributed by atoms with Crippen molar-refractivity contribution in [2.45, 2.75) is 6.42 Å². The van der Waals surface area contributed by atoms with Gasteiger partial charge in [0.05, 0.1) is 4.99 Å². The molecule has 0 saturated heterocycles. The average molecular weight is 276 g/mol. The van der Waals surface area contributed by atoms with Crippen LogP contribution in [-0.4, -0.2) is 29.4 Å². The van der Waals surface area contributed by atoms with Gasteiger partial charge in [-0.05, 0) is 12.1 Å². The number of halogens is 3. The third kappa shape index (κ3) is 3.43. The van der Waals surface area contributed by atoms with Crippen LogP contribution in [0.4, 0.5) is 13.2 Å². The molecular formula is C11H11F3N2OS. The highest BCUT2D eigenvalue weighted by molar-refractivity contribution is 7.80. The van der Waals surface area contributed by atoms with Crippen LogP contribution in [0.3, 0.4) is 0 Å². The van der Waals surface area contributed by atoms with Gasteiger partial charge in [0.25, 0.3) is 5.91 Å². The van der Waals surface area contributed by atoms with Gasteiger partial charge in [0, 0.05) is 25.6 Å². The Balaban J connectivity index is 2.87. The van der Waals surface area contributed by atoms with E-state index in [0.29, 0.717) is 18.6 Å². The second-order valence-corrected chi connectivity index (χ2v) is 4.22. The molecule has 2 N–H and O–H groups in total. The molecule has 3 nitrogen and oxygen atoms in total. The minimum Gasteiger partial charge on any atom is -0.393 e. The first-order chi connectivity index (χ1) is 8.32. The predicted octanol–water partition coefficient (Wildman–Crippen LogP) is 1.85. The molecule has 0 radical (unpaired) electrons. The van der Waals surface area contributed by atoms with E-state index in [1.54, 1.807) is 0 Å². The maximum absolute atomic E-state index is 13.0. The van der Waals surface area contributed by atoms with Crippen LogP contribution < -0.4 is 5.73 Å². The van der Waals surface area contributed by atoms with Gasteiger partial charge in [-0.1, -0.05) is 12.2 Å². The van der Waals surface area contributed by atoms with E-state index in [1.165, 1.54) is 11.9 Å². The summed E-state index contributed by atoms with van der Waals surface area (Å²) in [5.41, 5.74) is 5.00. The standard InChI is InChI=1S/C11H11F3N2OS/c1-16(3-2-9(15)18)11(17)6-4-7(12)10(14)8(13)5-6/h4-5H,2-3H2,1H3,(H2,15,18). The monoisotopic (exact) mass is 276 g/mol. The zero-order valence-corrected chi connectivity index (χ0v) is 10.4. The van der Waals surface area contributed by atoms with Crippen molar-refractivity contribution in [1.29, 1.82) is 0 Å². The molecule has 0 heterocycles. The topological polar surface area (TPSA) is 46.3 Å². The SMILES string of the molecule is CN(CCC(N)=S)C(=O)c1cc(F)c(F)c(F)c1. The van der Waals surface area contributed by atoms with Gasteiger partial charge in [0.1, 0.15) is 0 Å². The maximum atomic E-state index is 13.0. The van der Waals surface area contributed by atoms with Crippen molar-refractivity contribution in [2.75, 3.05) is 13.6 Å². The maximum Gasteiger partial charge on any atom is 0.253 e. The Kier molecular flexibility index (Phi) is 4.66. The summed E-state index contributed by atoms with van der Waals surface area (Å²) in [6, 6.07) is 1.30. The Hall–Kier alpha value is -1.63. The molecular weight excluding hydrogens is 265 g/mol. The van der Waals surface area contributed by atoms with Crippen LogP contribution in [-0.2, 0) is 0 Å². The van der Waals surface area contributed by atoms with Crippen LogP contribution >= 0.6 is 12.2 Å². The van der Waals surface area contributed by atoms with Gasteiger partial charge in [-0.3, -0.25) is 4.79 Å². The number of carbonyl (C=O) groups excluding carboxylic acids is 1. The lowest BCUT2D eigenvalue weighted by Crippen LogP contribution is -2.30. The van der Waals surface area contributed by atoms with Crippen LogP contribution in [0.5, 0.6) is 0 Å². The summed E-state index contributed by atoms with van der Waals surface area (Å²) < 4.78 is 38.6. The van der Waals surface area contributed by atoms with Crippen molar-refractivity contribution < 1.29 is 18.0 Å². The van der Waals surface area contributed by atoms with E-state index in [2.05, 4.69) is 12.2 Å². The fourth-order valence-corrected chi connectivity index (χ4v) is 1.37. The second-order valence-electron chi connectivity index (χ2n) is 3.70. The molecule has 0 saturated carbocycles. The molecule has 0 spiro atoms. The molecule has 1 rings (SSSR count). The van der Waals surface area contributed by atoms with E-state index in [1.807, 2.05) is 0 Å². The predicted molar refractivity (Wildman–Crippen MR) is 64.7 cm³/mol. The first kappa shape index (κ1) is 14.4. The molecule has 0 bridgehead atoms. The van der Waals surface area contributed by atoms with Crippen molar-refractivity contribution in [1.82, 2.24) is 4.90 Å². The lowest BCUT2D eigenvalue weighted by atomic mass is 10.2. The number of rotatable bonds is 4. The number of benzene rings is 1. The average Bonchev–Trinajstić information content (AvgIpc) is 2.31. The van der Waals surface area contributed by atoms with Crippen molar-refractivity contribution in [2.24, 2.45) is 5.73 Å². The molecule has 98 valence electrons. The Labute approximate surface area is 107 Å². The second kappa shape index (κ2) is 5.81. The Morgan fingerprint density at radius 1 is 1.33 bits per heavy atom. The fraction of sp³-hybridized carbons (Fsp3) is 0.273. The first-order valence-corrected chi connectivity index (χ1v) is 5.42. The zero-order valence-electron chi connectivity index (χ0n) is 9.54. The van der Waals surface area contributed by atoms with E-state index < -0.39 is 23.4 Å². The fourth-order valence-electron chi connectivity index (χ4n) is 1.28. The van der Waals surface area contributed by atoms with Gasteiger partial charge < -0.3 is 10.6 Å². The van der Waals surface area contributed by atoms with Crippen molar-refractivity contribution >= 4 is 23.1 Å². The number of carbonyl (C=O) groups is 1. The molecule has 7 heteroatoms. The van der Waals surface area contributed by atoms with E-state index in [9.17, 15) is 18.0 Å². The number of hydrogen-bond acceptors (Lipinski definition) is 2. The zero-order chi connectivity index (χ0) is 13.9. The number of hydrogen-bond donors (Lipinski definition) is 1. The Bertz CT molecular complexity index is 470. The van der Waals surface area contributed by atoms with Crippen molar-refractivity contribution in [3.05, 3.63) is 35.1 Å². The largest absolute Gasteiger partial charge is 0.393 e. The molecule has 0 aliphatic rings. The quantitative estimate of drug-likeness (QED) is 0.674. The normalized spacial score (nSPS) is 10.2. The number of thiocarbonyl (C=S) groups is 1. The van der Waals surface area contributed by atoms with Gasteiger partial charge in [0.2, 0.25) is 0 Å². The molecule has 0 unspecified atom stereocenters. The first-order valence-electron chi connectivity index (χ1n) is 5.01. The summed E-state index contributed by atoms with van der Waals surface area (Å²) >= 11 is 4.65. The van der Waals surface area contributed by atoms with Crippen LogP contribution in [0.15, 0.2) is 12.1 Å². The molecule has 1 aromatic carbocycles. The van der Waals surface area contributed by atoms with Crippen molar-refractivity contribution in [3.8, 4) is 0 Å². The summed E-state index contributed by atoms with van der Waals surface area (Å²) in [6.45, 7) is 0.217. The molecule has 0 aromatic heterocycles. The molecule has 18 heavy (non-hydrogen) atoms. The molecule has 0 atom stereocenters. The highest BCUT2D eigenvalue weighted by atomic mass is 32.1. The van der Waals surface area contributed by atoms with Gasteiger partial charge in [-0.2, -0.15) is 0 Å². The van der Waals surface area contributed by atoms with Crippen LogP contribution in [0.2, 0.25) is 0 Å². The summed E-state index contributed by atoms with van der Waals surface area (Å²) in [5, 5.41) is 0. The minimum absolute atomic E-state index is 0.217. The molecule has 0 aliphatic heterocycles. The third-order valence-electron chi connectivity index (χ3n) is 2.27. The highest BCUT2D eigenvalue weighted by Crippen LogP contribution is 2.14. The van der Waals surface area contributed by atoms with E-state index in [0.717, 1.165) is 0 Å². The Morgan fingerprint density at radius 3 is 2.28 bits per heavy atom. The van der Waals surface area contributed by atoms with Gasteiger partial charge >= 0.3 is 0 Å². The molecule has 1 amide bonds. The van der Waals surface area contributed by atoms with Crippen LogP contribution in [0.1, 0.15) is 16.8 Å². The number of amides is 1. The summed E-state index contributed by atoms with van der Waals surface area (Å²) in [5.74, 6) is -5.04. The van der Waals surface area contributed by atoms with Gasteiger partial charge in [-0.15, -0.1) is 0 Å². The lowest BCUT2D eigenvalue weighted by molar-refractivity contribution is 0.0797. The van der Waals surface area contributed by atoms with Crippen molar-refractivity contribution in [3.63, 3.8) is 0 Å². The summed E-state index contributed by atoms with van der Waals surface area (Å²) in [7, 11) is 1.43. The van der Waals surface area contributed by atoms with Gasteiger partial charge in [-0.25, -0.2) is 13.2 Å². The van der Waals surface area contributed by atoms with E-state index in [4.69, 9.17) is 5.73 Å². The summed E-state index contributed by atoms with van der Waals surface area (Å²) in [4.78, 5) is 13.2. The number of nitrogens with zero attached hydrogens (tertiary/aromatic N) is 1. The lowest BCUT2D eigenvalue weighted by Gasteiger charge is -2.16. The van der Waals surface area contributed by atoms with Crippen LogP contribution in [0.25, 0.3) is 0 Å². The molecule has 0 aliphatic carbocycles. The smallest absolute Gasteiger partial charge is 0.253 e. The summed E-state index contributed by atoms with van der Waals surface area (Å²) in [6.07, 6.45) is 0.295. The highest BCUT2D eigenvalue weighted by Gasteiger charge is 2.17. The Morgan fingerprint density at radius 2 is 1.83 bits per heavy atom. The number of nitrogens with two attached hydrogens (primary N) is 1. The third-order valence-corrected chi connectivity index (χ3v) is 2.48. The minimum atomic E-state index is -1.60. The molecule has 1 aromatic rings. The van der Waals surface area contributed by atoms with Crippen LogP contribution in [0, 0.1) is 17.5 Å². The van der Waals surface area contributed by atoms with E-state index >= 15 is 0 Å². The van der Waals surface area contributed by atoms with E-state index in [-0.39, 0.29) is 17.1 Å². The molecule has 0 fully saturated rings. The van der Waals surface area contributed by atoms with Gasteiger partial charge in [0.15, 0.2) is 17.5 Å².